The van der Waals surface area contributed by atoms with Crippen molar-refractivity contribution in [2.75, 3.05) is 23.3 Å². The van der Waals surface area contributed by atoms with Gasteiger partial charge in [-0.1, -0.05) is 38.3 Å². The van der Waals surface area contributed by atoms with Gasteiger partial charge in [0.2, 0.25) is 0 Å². The standard InChI is InChI=1S/C19H30N2/c1-2-16-8-7-9-17(13-12-16)20-18-10-3-4-11-19(18)21-14-5-6-15-21/h3-4,10-11,16-17,20H,2,5-9,12-15H2,1H3. The molecule has 0 bridgehead atoms. The molecule has 0 spiro atoms. The molecule has 1 N–H and O–H groups in total. The Morgan fingerprint density at radius 1 is 1.00 bits per heavy atom. The van der Waals surface area contributed by atoms with Gasteiger partial charge in [-0.25, -0.2) is 0 Å². The summed E-state index contributed by atoms with van der Waals surface area (Å²) in [7, 11) is 0. The number of para-hydroxylation sites is 2. The molecule has 0 aromatic heterocycles. The Kier molecular flexibility index (Phi) is 5.05. The Morgan fingerprint density at radius 3 is 2.62 bits per heavy atom. The first-order valence-electron chi connectivity index (χ1n) is 8.97. The molecule has 21 heavy (non-hydrogen) atoms. The molecule has 2 unspecified atom stereocenters. The van der Waals surface area contributed by atoms with Gasteiger partial charge in [0.05, 0.1) is 11.4 Å². The van der Waals surface area contributed by atoms with Gasteiger partial charge in [0, 0.05) is 19.1 Å². The number of nitrogens with one attached hydrogen (secondary N) is 1. The highest BCUT2D eigenvalue weighted by Gasteiger charge is 2.20. The second kappa shape index (κ2) is 7.20. The summed E-state index contributed by atoms with van der Waals surface area (Å²) in [5.74, 6) is 0.964. The SMILES string of the molecule is CCC1CCCC(Nc2ccccc2N2CCCC2)CC1. The number of benzene rings is 1. The quantitative estimate of drug-likeness (QED) is 0.778. The third-order valence-electron chi connectivity index (χ3n) is 5.38. The maximum Gasteiger partial charge on any atom is 0.0602 e. The van der Waals surface area contributed by atoms with Crippen molar-refractivity contribution in [3.05, 3.63) is 24.3 Å². The first-order valence-corrected chi connectivity index (χ1v) is 8.97. The molecule has 2 atom stereocenters. The summed E-state index contributed by atoms with van der Waals surface area (Å²) in [6, 6.07) is 9.59. The second-order valence-corrected chi connectivity index (χ2v) is 6.84. The van der Waals surface area contributed by atoms with Crippen LogP contribution in [0.3, 0.4) is 0 Å². The summed E-state index contributed by atoms with van der Waals surface area (Å²) in [5.41, 5.74) is 2.78. The molecule has 1 aliphatic heterocycles. The molecule has 1 saturated carbocycles. The maximum absolute atomic E-state index is 3.87. The smallest absolute Gasteiger partial charge is 0.0602 e. The Bertz CT molecular complexity index is 437. The van der Waals surface area contributed by atoms with E-state index in [-0.39, 0.29) is 0 Å². The number of anilines is 2. The fraction of sp³-hybridized carbons (Fsp3) is 0.684. The van der Waals surface area contributed by atoms with Crippen molar-refractivity contribution in [1.82, 2.24) is 0 Å². The minimum atomic E-state index is 0.672. The highest BCUT2D eigenvalue weighted by Crippen LogP contribution is 2.32. The molecule has 0 radical (unpaired) electrons. The van der Waals surface area contributed by atoms with Crippen LogP contribution in [0.15, 0.2) is 24.3 Å². The van der Waals surface area contributed by atoms with Crippen molar-refractivity contribution in [2.24, 2.45) is 5.92 Å². The second-order valence-electron chi connectivity index (χ2n) is 6.84. The molecule has 2 nitrogen and oxygen atoms in total. The predicted molar refractivity (Wildman–Crippen MR) is 92.2 cm³/mol. The van der Waals surface area contributed by atoms with E-state index in [4.69, 9.17) is 0 Å². The summed E-state index contributed by atoms with van der Waals surface area (Å²) < 4.78 is 0. The van der Waals surface area contributed by atoms with Crippen molar-refractivity contribution < 1.29 is 0 Å². The molecular formula is C19H30N2. The predicted octanol–water partition coefficient (Wildman–Crippen LogP) is 5.06. The van der Waals surface area contributed by atoms with Crippen LogP contribution in [-0.2, 0) is 0 Å². The van der Waals surface area contributed by atoms with E-state index in [0.29, 0.717) is 6.04 Å². The molecule has 2 heteroatoms. The highest BCUT2D eigenvalue weighted by atomic mass is 15.2. The Morgan fingerprint density at radius 2 is 1.81 bits per heavy atom. The van der Waals surface area contributed by atoms with Crippen LogP contribution in [0, 0.1) is 5.92 Å². The van der Waals surface area contributed by atoms with E-state index in [9.17, 15) is 0 Å². The monoisotopic (exact) mass is 286 g/mol. The van der Waals surface area contributed by atoms with Crippen LogP contribution >= 0.6 is 0 Å². The van der Waals surface area contributed by atoms with E-state index in [1.165, 1.54) is 75.8 Å². The average molecular weight is 286 g/mol. The van der Waals surface area contributed by atoms with Crippen LogP contribution in [0.1, 0.15) is 58.3 Å². The van der Waals surface area contributed by atoms with Crippen LogP contribution in [0.25, 0.3) is 0 Å². The zero-order chi connectivity index (χ0) is 14.5. The molecule has 1 aliphatic carbocycles. The number of nitrogens with zero attached hydrogens (tertiary/aromatic N) is 1. The zero-order valence-electron chi connectivity index (χ0n) is 13.5. The molecule has 3 rings (SSSR count). The van der Waals surface area contributed by atoms with E-state index in [2.05, 4.69) is 41.4 Å². The van der Waals surface area contributed by atoms with Crippen LogP contribution < -0.4 is 10.2 Å². The number of rotatable bonds is 4. The minimum Gasteiger partial charge on any atom is -0.381 e. The minimum absolute atomic E-state index is 0.672. The van der Waals surface area contributed by atoms with Crippen molar-refractivity contribution >= 4 is 11.4 Å². The molecule has 2 fully saturated rings. The highest BCUT2D eigenvalue weighted by molar-refractivity contribution is 5.70. The van der Waals surface area contributed by atoms with E-state index < -0.39 is 0 Å². The van der Waals surface area contributed by atoms with Gasteiger partial charge in [0.25, 0.3) is 0 Å². The number of hydrogen-bond acceptors (Lipinski definition) is 2. The third kappa shape index (κ3) is 3.72. The molecule has 1 saturated heterocycles. The zero-order valence-corrected chi connectivity index (χ0v) is 13.5. The van der Waals surface area contributed by atoms with Gasteiger partial charge in [-0.2, -0.15) is 0 Å². The fourth-order valence-electron chi connectivity index (χ4n) is 3.98. The topological polar surface area (TPSA) is 15.3 Å². The van der Waals surface area contributed by atoms with E-state index >= 15 is 0 Å². The van der Waals surface area contributed by atoms with Crippen LogP contribution in [0.5, 0.6) is 0 Å². The third-order valence-corrected chi connectivity index (χ3v) is 5.38. The van der Waals surface area contributed by atoms with Gasteiger partial charge < -0.3 is 10.2 Å². The Balaban J connectivity index is 1.67. The summed E-state index contributed by atoms with van der Waals surface area (Å²) in [5, 5.41) is 3.87. The lowest BCUT2D eigenvalue weighted by Gasteiger charge is -2.25. The van der Waals surface area contributed by atoms with Gasteiger partial charge in [-0.05, 0) is 50.2 Å². The molecule has 1 aromatic rings. The lowest BCUT2D eigenvalue weighted by Crippen LogP contribution is -2.23. The first kappa shape index (κ1) is 14.7. The van der Waals surface area contributed by atoms with E-state index in [1.54, 1.807) is 0 Å². The fourth-order valence-corrected chi connectivity index (χ4v) is 3.98. The molecule has 1 heterocycles. The van der Waals surface area contributed by atoms with Gasteiger partial charge >= 0.3 is 0 Å². The Hall–Kier alpha value is -1.18. The molecule has 1 aromatic carbocycles. The number of hydrogen-bond donors (Lipinski definition) is 1. The summed E-state index contributed by atoms with van der Waals surface area (Å²) in [4.78, 5) is 2.55. The summed E-state index contributed by atoms with van der Waals surface area (Å²) in [6.07, 6.45) is 10.9. The largest absolute Gasteiger partial charge is 0.381 e. The maximum atomic E-state index is 3.87. The van der Waals surface area contributed by atoms with Gasteiger partial charge in [-0.3, -0.25) is 0 Å². The van der Waals surface area contributed by atoms with E-state index in [1.807, 2.05) is 0 Å². The van der Waals surface area contributed by atoms with Crippen molar-refractivity contribution in [2.45, 2.75) is 64.3 Å². The molecular weight excluding hydrogens is 256 g/mol. The van der Waals surface area contributed by atoms with Crippen molar-refractivity contribution in [1.29, 1.82) is 0 Å². The average Bonchev–Trinajstić information content (AvgIpc) is 2.95. The molecule has 0 amide bonds. The van der Waals surface area contributed by atoms with E-state index in [0.717, 1.165) is 5.92 Å². The summed E-state index contributed by atoms with van der Waals surface area (Å²) in [6.45, 7) is 4.80. The van der Waals surface area contributed by atoms with Crippen LogP contribution in [-0.4, -0.2) is 19.1 Å². The van der Waals surface area contributed by atoms with Gasteiger partial charge in [0.1, 0.15) is 0 Å². The lowest BCUT2D eigenvalue weighted by molar-refractivity contribution is 0.444. The van der Waals surface area contributed by atoms with Crippen molar-refractivity contribution in [3.63, 3.8) is 0 Å². The first-order chi connectivity index (χ1) is 10.4. The molecule has 116 valence electrons. The summed E-state index contributed by atoms with van der Waals surface area (Å²) >= 11 is 0. The van der Waals surface area contributed by atoms with Crippen molar-refractivity contribution in [3.8, 4) is 0 Å². The lowest BCUT2D eigenvalue weighted by atomic mass is 9.98. The normalized spacial score (nSPS) is 26.6. The van der Waals surface area contributed by atoms with Gasteiger partial charge in [0.15, 0.2) is 0 Å². The van der Waals surface area contributed by atoms with Crippen LogP contribution in [0.2, 0.25) is 0 Å². The van der Waals surface area contributed by atoms with Crippen LogP contribution in [0.4, 0.5) is 11.4 Å². The molecule has 2 aliphatic rings. The van der Waals surface area contributed by atoms with Gasteiger partial charge in [-0.15, -0.1) is 0 Å². The Labute approximate surface area is 129 Å².